The summed E-state index contributed by atoms with van der Waals surface area (Å²) in [6.45, 7) is 0. The third-order valence-electron chi connectivity index (χ3n) is 3.23. The Kier molecular flexibility index (Phi) is 4.39. The van der Waals surface area contributed by atoms with Crippen molar-refractivity contribution in [2.24, 2.45) is 0 Å². The molecule has 1 aliphatic rings. The van der Waals surface area contributed by atoms with Gasteiger partial charge in [0.05, 0.1) is 11.0 Å². The van der Waals surface area contributed by atoms with E-state index in [1.807, 2.05) is 6.07 Å². The van der Waals surface area contributed by atoms with Crippen molar-refractivity contribution in [3.63, 3.8) is 0 Å². The first kappa shape index (κ1) is 13.5. The number of hydrogen-bond acceptors (Lipinski definition) is 4. The zero-order chi connectivity index (χ0) is 13.1. The van der Waals surface area contributed by atoms with Gasteiger partial charge in [-0.2, -0.15) is 0 Å². The van der Waals surface area contributed by atoms with Gasteiger partial charge in [0.2, 0.25) is 0 Å². The number of nitrogens with one attached hydrogen (secondary N) is 1. The second kappa shape index (κ2) is 5.83. The molecule has 0 bridgehead atoms. The first-order valence-corrected chi connectivity index (χ1v) is 6.91. The molecule has 0 spiro atoms. The number of benzene rings is 1. The zero-order valence-electron chi connectivity index (χ0n) is 10.1. The fourth-order valence-corrected chi connectivity index (χ4v) is 2.76. The van der Waals surface area contributed by atoms with E-state index in [4.69, 9.17) is 4.74 Å². The molecule has 1 aliphatic carbocycles. The Morgan fingerprint density at radius 3 is 2.89 bits per heavy atom. The molecule has 0 aliphatic heterocycles. The Bertz CT molecular complexity index is 453. The summed E-state index contributed by atoms with van der Waals surface area (Å²) in [5.41, 5.74) is 0.741. The van der Waals surface area contributed by atoms with Gasteiger partial charge in [0.25, 0.3) is 5.69 Å². The average molecular weight is 362 g/mol. The molecule has 0 amide bonds. The smallest absolute Gasteiger partial charge is 0.293 e. The summed E-state index contributed by atoms with van der Waals surface area (Å²) in [5, 5.41) is 14.3. The maximum Gasteiger partial charge on any atom is 0.293 e. The molecule has 2 atom stereocenters. The van der Waals surface area contributed by atoms with Gasteiger partial charge in [-0.1, -0.05) is 0 Å². The van der Waals surface area contributed by atoms with E-state index in [1.165, 1.54) is 0 Å². The van der Waals surface area contributed by atoms with Crippen LogP contribution in [-0.4, -0.2) is 24.2 Å². The highest BCUT2D eigenvalue weighted by atomic mass is 127. The van der Waals surface area contributed by atoms with Gasteiger partial charge in [-0.3, -0.25) is 10.1 Å². The number of hydrogen-bond donors (Lipinski definition) is 1. The average Bonchev–Trinajstić information content (AvgIpc) is 2.79. The molecule has 0 aromatic heterocycles. The topological polar surface area (TPSA) is 64.4 Å². The maximum absolute atomic E-state index is 11.0. The lowest BCUT2D eigenvalue weighted by molar-refractivity contribution is -0.384. The van der Waals surface area contributed by atoms with E-state index < -0.39 is 0 Å². The molecule has 1 N–H and O–H groups in total. The lowest BCUT2D eigenvalue weighted by atomic mass is 10.2. The highest BCUT2D eigenvalue weighted by Crippen LogP contribution is 2.30. The molecule has 5 nitrogen and oxygen atoms in total. The second-order valence-electron chi connectivity index (χ2n) is 4.43. The normalized spacial score (nSPS) is 23.0. The lowest BCUT2D eigenvalue weighted by Gasteiger charge is -2.14. The van der Waals surface area contributed by atoms with E-state index in [-0.39, 0.29) is 22.8 Å². The Morgan fingerprint density at radius 1 is 1.50 bits per heavy atom. The maximum atomic E-state index is 11.0. The van der Waals surface area contributed by atoms with Crippen molar-refractivity contribution in [2.45, 2.75) is 31.4 Å². The minimum Gasteiger partial charge on any atom is -0.381 e. The van der Waals surface area contributed by atoms with Gasteiger partial charge >= 0.3 is 0 Å². The summed E-state index contributed by atoms with van der Waals surface area (Å²) in [5.74, 6) is 0. The van der Waals surface area contributed by atoms with Crippen LogP contribution in [0.3, 0.4) is 0 Å². The summed E-state index contributed by atoms with van der Waals surface area (Å²) in [7, 11) is 1.71. The molecular formula is C12H15IN2O3. The predicted molar refractivity (Wildman–Crippen MR) is 77.9 cm³/mol. The fourth-order valence-electron chi connectivity index (χ4n) is 2.28. The molecule has 18 heavy (non-hydrogen) atoms. The first-order chi connectivity index (χ1) is 8.60. The second-order valence-corrected chi connectivity index (χ2v) is 5.68. The van der Waals surface area contributed by atoms with Crippen LogP contribution in [0.1, 0.15) is 19.3 Å². The SMILES string of the molecule is COC1CCC(Nc2ccc(I)cc2[N+](=O)[O-])C1. The van der Waals surface area contributed by atoms with Gasteiger partial charge in [-0.05, 0) is 54.0 Å². The molecule has 0 heterocycles. The Labute approximate surface area is 119 Å². The quantitative estimate of drug-likeness (QED) is 0.508. The van der Waals surface area contributed by atoms with Crippen LogP contribution < -0.4 is 5.32 Å². The third-order valence-corrected chi connectivity index (χ3v) is 3.90. The summed E-state index contributed by atoms with van der Waals surface area (Å²) in [6, 6.07) is 5.50. The molecular weight excluding hydrogens is 347 g/mol. The van der Waals surface area contributed by atoms with Gasteiger partial charge in [0, 0.05) is 22.8 Å². The van der Waals surface area contributed by atoms with Crippen LogP contribution in [-0.2, 0) is 4.74 Å². The lowest BCUT2D eigenvalue weighted by Crippen LogP contribution is -2.18. The van der Waals surface area contributed by atoms with Crippen LogP contribution in [0.4, 0.5) is 11.4 Å². The first-order valence-electron chi connectivity index (χ1n) is 5.83. The fraction of sp³-hybridized carbons (Fsp3) is 0.500. The van der Waals surface area contributed by atoms with Crippen LogP contribution in [0.2, 0.25) is 0 Å². The number of methoxy groups -OCH3 is 1. The van der Waals surface area contributed by atoms with Gasteiger partial charge < -0.3 is 10.1 Å². The summed E-state index contributed by atoms with van der Waals surface area (Å²) >= 11 is 2.08. The minimum atomic E-state index is -0.340. The van der Waals surface area contributed by atoms with Gasteiger partial charge in [0.15, 0.2) is 0 Å². The van der Waals surface area contributed by atoms with Crippen molar-refractivity contribution in [1.82, 2.24) is 0 Å². The number of rotatable bonds is 4. The number of nitro groups is 1. The van der Waals surface area contributed by atoms with Crippen LogP contribution >= 0.6 is 22.6 Å². The minimum absolute atomic E-state index is 0.141. The Hall–Kier alpha value is -0.890. The molecule has 2 rings (SSSR count). The van der Waals surface area contributed by atoms with Crippen LogP contribution in [0.25, 0.3) is 0 Å². The van der Waals surface area contributed by atoms with Crippen molar-refractivity contribution in [3.8, 4) is 0 Å². The molecule has 1 aromatic rings. The van der Waals surface area contributed by atoms with Crippen molar-refractivity contribution >= 4 is 34.0 Å². The van der Waals surface area contributed by atoms with Crippen molar-refractivity contribution in [3.05, 3.63) is 31.9 Å². The Morgan fingerprint density at radius 2 is 2.28 bits per heavy atom. The van der Waals surface area contributed by atoms with Crippen molar-refractivity contribution < 1.29 is 9.66 Å². The predicted octanol–water partition coefficient (Wildman–Crippen LogP) is 3.18. The van der Waals surface area contributed by atoms with Gasteiger partial charge in [0.1, 0.15) is 5.69 Å². The number of nitro benzene ring substituents is 1. The zero-order valence-corrected chi connectivity index (χ0v) is 12.2. The van der Waals surface area contributed by atoms with Crippen molar-refractivity contribution in [2.75, 3.05) is 12.4 Å². The summed E-state index contributed by atoms with van der Waals surface area (Å²) in [6.07, 6.45) is 3.17. The van der Waals surface area contributed by atoms with E-state index in [0.29, 0.717) is 5.69 Å². The molecule has 1 aromatic carbocycles. The van der Waals surface area contributed by atoms with Crippen molar-refractivity contribution in [1.29, 1.82) is 0 Å². The molecule has 6 heteroatoms. The summed E-state index contributed by atoms with van der Waals surface area (Å²) in [4.78, 5) is 10.7. The number of nitrogens with zero attached hydrogens (tertiary/aromatic N) is 1. The standard InChI is InChI=1S/C12H15IN2O3/c1-18-10-4-3-9(7-10)14-11-5-2-8(13)6-12(11)15(16)17/h2,5-6,9-10,14H,3-4,7H2,1H3. The van der Waals surface area contributed by atoms with E-state index >= 15 is 0 Å². The van der Waals surface area contributed by atoms with Crippen LogP contribution in [0, 0.1) is 13.7 Å². The van der Waals surface area contributed by atoms with Crippen LogP contribution in [0.5, 0.6) is 0 Å². The molecule has 0 saturated heterocycles. The third kappa shape index (κ3) is 3.11. The van der Waals surface area contributed by atoms with E-state index in [2.05, 4.69) is 27.9 Å². The van der Waals surface area contributed by atoms with E-state index in [0.717, 1.165) is 22.8 Å². The molecule has 0 radical (unpaired) electrons. The van der Waals surface area contributed by atoms with Crippen LogP contribution in [0.15, 0.2) is 18.2 Å². The highest BCUT2D eigenvalue weighted by Gasteiger charge is 2.26. The largest absolute Gasteiger partial charge is 0.381 e. The monoisotopic (exact) mass is 362 g/mol. The van der Waals surface area contributed by atoms with E-state index in [1.54, 1.807) is 19.2 Å². The van der Waals surface area contributed by atoms with Gasteiger partial charge in [-0.15, -0.1) is 0 Å². The highest BCUT2D eigenvalue weighted by molar-refractivity contribution is 14.1. The number of halogens is 1. The molecule has 2 unspecified atom stereocenters. The molecule has 1 fully saturated rings. The molecule has 1 saturated carbocycles. The number of ether oxygens (including phenoxy) is 1. The Balaban J connectivity index is 2.12. The number of anilines is 1. The summed E-state index contributed by atoms with van der Waals surface area (Å²) < 4.78 is 6.17. The van der Waals surface area contributed by atoms with E-state index in [9.17, 15) is 10.1 Å². The van der Waals surface area contributed by atoms with Gasteiger partial charge in [-0.25, -0.2) is 0 Å². The molecule has 98 valence electrons.